The van der Waals surface area contributed by atoms with Gasteiger partial charge in [-0.3, -0.25) is 0 Å². The molecule has 0 radical (unpaired) electrons. The van der Waals surface area contributed by atoms with Gasteiger partial charge in [-0.25, -0.2) is 4.39 Å². The molecule has 0 aliphatic carbocycles. The van der Waals surface area contributed by atoms with Crippen molar-refractivity contribution < 1.29 is 9.13 Å². The lowest BCUT2D eigenvalue weighted by Crippen LogP contribution is -1.90. The van der Waals surface area contributed by atoms with Crippen molar-refractivity contribution >= 4 is 22.5 Å². The van der Waals surface area contributed by atoms with Crippen molar-refractivity contribution in [2.75, 3.05) is 7.11 Å². The van der Waals surface area contributed by atoms with Gasteiger partial charge < -0.3 is 9.72 Å². The molecule has 1 heterocycles. The number of rotatable bonds is 3. The molecule has 0 aliphatic heterocycles. The number of hydrogen-bond donors (Lipinski definition) is 1. The van der Waals surface area contributed by atoms with Crippen LogP contribution in [0.25, 0.3) is 33.3 Å². The minimum atomic E-state index is -0.445. The van der Waals surface area contributed by atoms with Gasteiger partial charge in [0.05, 0.1) is 35.0 Å². The van der Waals surface area contributed by atoms with Crippen molar-refractivity contribution in [3.8, 4) is 34.2 Å². The number of nitrogens with one attached hydrogen (secondary N) is 1. The summed E-state index contributed by atoms with van der Waals surface area (Å²) in [5.41, 5.74) is 5.55. The molecule has 1 aromatic heterocycles. The van der Waals surface area contributed by atoms with Crippen LogP contribution in [0.1, 0.15) is 11.1 Å². The molecule has 0 saturated carbocycles. The number of fused-ring (bicyclic) bond motifs is 1. The maximum absolute atomic E-state index is 14.6. The van der Waals surface area contributed by atoms with Crippen LogP contribution < -0.4 is 4.74 Å². The third kappa shape index (κ3) is 3.11. The van der Waals surface area contributed by atoms with Gasteiger partial charge in [0.2, 0.25) is 0 Å². The molecule has 1 N–H and O–H groups in total. The second-order valence-corrected chi connectivity index (χ2v) is 7.00. The maximum atomic E-state index is 14.6. The second kappa shape index (κ2) is 7.03. The Morgan fingerprint density at radius 3 is 2.57 bits per heavy atom. The van der Waals surface area contributed by atoms with E-state index in [0.29, 0.717) is 22.6 Å². The fraction of sp³-hybridized carbons (Fsp3) is 0.0870. The van der Waals surface area contributed by atoms with E-state index in [1.807, 2.05) is 49.4 Å². The maximum Gasteiger partial charge on any atom is 0.137 e. The molecule has 0 bridgehead atoms. The average molecular weight is 391 g/mol. The molecule has 5 heteroatoms. The highest BCUT2D eigenvalue weighted by Crippen LogP contribution is 2.36. The fourth-order valence-electron chi connectivity index (χ4n) is 3.42. The minimum Gasteiger partial charge on any atom is -0.497 e. The lowest BCUT2D eigenvalue weighted by molar-refractivity contribution is 0.411. The number of ether oxygens (including phenoxy) is 1. The molecule has 0 fully saturated rings. The van der Waals surface area contributed by atoms with Gasteiger partial charge in [0.25, 0.3) is 0 Å². The highest BCUT2D eigenvalue weighted by Gasteiger charge is 2.15. The summed E-state index contributed by atoms with van der Waals surface area (Å²) in [6.07, 6.45) is 0. The normalized spacial score (nSPS) is 10.8. The first-order chi connectivity index (χ1) is 13.5. The Labute approximate surface area is 167 Å². The SMILES string of the molecule is COc1cc(F)c(-c2cc3cc(-c4ccc(C#N)cc4C)ccc3[nH]2)c(Cl)c1. The Kier molecular flexibility index (Phi) is 4.54. The number of benzene rings is 3. The molecule has 4 rings (SSSR count). The van der Waals surface area contributed by atoms with Crippen molar-refractivity contribution in [1.82, 2.24) is 4.98 Å². The Bertz CT molecular complexity index is 1230. The number of H-pyrrole nitrogens is 1. The number of methoxy groups -OCH3 is 1. The smallest absolute Gasteiger partial charge is 0.137 e. The van der Waals surface area contributed by atoms with Gasteiger partial charge in [-0.2, -0.15) is 5.26 Å². The average Bonchev–Trinajstić information content (AvgIpc) is 3.09. The van der Waals surface area contributed by atoms with Crippen LogP contribution in [0.5, 0.6) is 5.75 Å². The zero-order valence-electron chi connectivity index (χ0n) is 15.3. The quantitative estimate of drug-likeness (QED) is 0.435. The van der Waals surface area contributed by atoms with Crippen molar-refractivity contribution in [3.05, 3.63) is 76.6 Å². The number of aromatic amines is 1. The molecule has 138 valence electrons. The molecule has 3 nitrogen and oxygen atoms in total. The molecule has 0 amide bonds. The molecule has 0 unspecified atom stereocenters. The minimum absolute atomic E-state index is 0.284. The van der Waals surface area contributed by atoms with Gasteiger partial charge >= 0.3 is 0 Å². The zero-order chi connectivity index (χ0) is 19.8. The summed E-state index contributed by atoms with van der Waals surface area (Å²) in [6.45, 7) is 1.98. The van der Waals surface area contributed by atoms with Crippen molar-refractivity contribution in [1.29, 1.82) is 5.26 Å². The number of aryl methyl sites for hydroxylation is 1. The molecular formula is C23H16ClFN2O. The first-order valence-electron chi connectivity index (χ1n) is 8.67. The van der Waals surface area contributed by atoms with Crippen molar-refractivity contribution in [2.24, 2.45) is 0 Å². The molecule has 3 aromatic carbocycles. The van der Waals surface area contributed by atoms with Crippen LogP contribution in [0.15, 0.2) is 54.6 Å². The summed E-state index contributed by atoms with van der Waals surface area (Å²) in [5.74, 6) is -0.0694. The topological polar surface area (TPSA) is 48.8 Å². The van der Waals surface area contributed by atoms with Crippen LogP contribution in [0.4, 0.5) is 4.39 Å². The van der Waals surface area contributed by atoms with Crippen molar-refractivity contribution in [3.63, 3.8) is 0 Å². The Morgan fingerprint density at radius 2 is 1.89 bits per heavy atom. The van der Waals surface area contributed by atoms with Crippen LogP contribution in [0, 0.1) is 24.1 Å². The number of hydrogen-bond acceptors (Lipinski definition) is 2. The van der Waals surface area contributed by atoms with Gasteiger partial charge in [-0.05, 0) is 60.0 Å². The van der Waals surface area contributed by atoms with Crippen LogP contribution >= 0.6 is 11.6 Å². The van der Waals surface area contributed by atoms with E-state index in [4.69, 9.17) is 21.6 Å². The summed E-state index contributed by atoms with van der Waals surface area (Å²) in [6, 6.07) is 18.6. The highest BCUT2D eigenvalue weighted by atomic mass is 35.5. The van der Waals surface area contributed by atoms with Crippen LogP contribution in [0.3, 0.4) is 0 Å². The third-order valence-electron chi connectivity index (χ3n) is 4.81. The van der Waals surface area contributed by atoms with Crippen molar-refractivity contribution in [2.45, 2.75) is 6.92 Å². The van der Waals surface area contributed by atoms with Crippen LogP contribution in [0.2, 0.25) is 5.02 Å². The fourth-order valence-corrected chi connectivity index (χ4v) is 3.72. The van der Waals surface area contributed by atoms with Gasteiger partial charge in [0.1, 0.15) is 11.6 Å². The molecule has 0 spiro atoms. The Hall–Kier alpha value is -3.29. The van der Waals surface area contributed by atoms with Crippen LogP contribution in [-0.4, -0.2) is 12.1 Å². The molecular weight excluding hydrogens is 375 g/mol. The predicted molar refractivity (Wildman–Crippen MR) is 110 cm³/mol. The summed E-state index contributed by atoms with van der Waals surface area (Å²) in [7, 11) is 1.47. The molecule has 0 atom stereocenters. The third-order valence-corrected chi connectivity index (χ3v) is 5.11. The lowest BCUT2D eigenvalue weighted by Gasteiger charge is -2.07. The first kappa shape index (κ1) is 18.1. The van der Waals surface area contributed by atoms with E-state index in [1.54, 1.807) is 6.07 Å². The van der Waals surface area contributed by atoms with Gasteiger partial charge in [0.15, 0.2) is 0 Å². The summed E-state index contributed by atoms with van der Waals surface area (Å²) in [5, 5.41) is 10.3. The van der Waals surface area contributed by atoms with E-state index in [9.17, 15) is 4.39 Å². The number of halogens is 2. The van der Waals surface area contributed by atoms with E-state index in [1.165, 1.54) is 13.2 Å². The van der Waals surface area contributed by atoms with E-state index in [2.05, 4.69) is 11.1 Å². The molecule has 0 saturated heterocycles. The van der Waals surface area contributed by atoms with Gasteiger partial charge in [-0.15, -0.1) is 0 Å². The van der Waals surface area contributed by atoms with E-state index >= 15 is 0 Å². The Morgan fingerprint density at radius 1 is 1.07 bits per heavy atom. The van der Waals surface area contributed by atoms with E-state index in [0.717, 1.165) is 27.6 Å². The van der Waals surface area contributed by atoms with E-state index < -0.39 is 5.82 Å². The molecule has 4 aromatic rings. The summed E-state index contributed by atoms with van der Waals surface area (Å²) >= 11 is 6.29. The summed E-state index contributed by atoms with van der Waals surface area (Å²) in [4.78, 5) is 3.23. The van der Waals surface area contributed by atoms with E-state index in [-0.39, 0.29) is 5.02 Å². The van der Waals surface area contributed by atoms with Gasteiger partial charge in [0, 0.05) is 17.0 Å². The van der Waals surface area contributed by atoms with Gasteiger partial charge in [-0.1, -0.05) is 23.7 Å². The first-order valence-corrected chi connectivity index (χ1v) is 9.05. The zero-order valence-corrected chi connectivity index (χ0v) is 16.1. The molecule has 0 aliphatic rings. The number of nitriles is 1. The molecule has 28 heavy (non-hydrogen) atoms. The monoisotopic (exact) mass is 390 g/mol. The second-order valence-electron chi connectivity index (χ2n) is 6.59. The number of nitrogens with zero attached hydrogens (tertiary/aromatic N) is 1. The standard InChI is InChI=1S/C23H16ClFN2O/c1-13-7-14(12-26)3-5-18(13)15-4-6-21-16(8-15)9-22(27-21)23-19(24)10-17(28-2)11-20(23)25/h3-11,27H,1-2H3. The Balaban J connectivity index is 1.81. The predicted octanol–water partition coefficient (Wildman–Crippen LogP) is 6.48. The highest BCUT2D eigenvalue weighted by molar-refractivity contribution is 6.33. The lowest BCUT2D eigenvalue weighted by atomic mass is 9.98. The largest absolute Gasteiger partial charge is 0.497 e. The van der Waals surface area contributed by atoms with Crippen LogP contribution in [-0.2, 0) is 0 Å². The summed E-state index contributed by atoms with van der Waals surface area (Å²) < 4.78 is 19.6. The number of aromatic nitrogens is 1.